The molecule has 6 fully saturated rings. The highest BCUT2D eigenvalue weighted by Crippen LogP contribution is 2.67. The number of aromatic amines is 1. The fourth-order valence-corrected chi connectivity index (χ4v) is 15.8. The van der Waals surface area contributed by atoms with Gasteiger partial charge in [-0.3, -0.25) is 19.2 Å². The third kappa shape index (κ3) is 6.74. The number of imidazole rings is 1. The number of carboxylic acids is 1. The lowest BCUT2D eigenvalue weighted by atomic mass is 9.47. The quantitative estimate of drug-likeness (QED) is 0.278. The number of halogens is 2. The largest absolute Gasteiger partial charge is 0.481 e. The van der Waals surface area contributed by atoms with Crippen LogP contribution in [0.2, 0.25) is 0 Å². The molecule has 11 nitrogen and oxygen atoms in total. The van der Waals surface area contributed by atoms with Crippen molar-refractivity contribution in [3.63, 3.8) is 0 Å². The van der Waals surface area contributed by atoms with Gasteiger partial charge >= 0.3 is 5.97 Å². The Morgan fingerprint density at radius 3 is 1.76 bits per heavy atom. The summed E-state index contributed by atoms with van der Waals surface area (Å²) >= 11 is 0. The van der Waals surface area contributed by atoms with E-state index in [4.69, 9.17) is 0 Å². The number of carboxylic acid groups (broad SMARTS) is 1. The third-order valence-corrected chi connectivity index (χ3v) is 18.7. The maximum Gasteiger partial charge on any atom is 0.307 e. The first-order chi connectivity index (χ1) is 28.4. The summed E-state index contributed by atoms with van der Waals surface area (Å²) in [5, 5.41) is 12.8. The van der Waals surface area contributed by atoms with Gasteiger partial charge < -0.3 is 25.2 Å². The number of fused-ring (bicyclic) bond motifs is 11. The minimum absolute atomic E-state index is 0. The first-order valence-electron chi connectivity index (χ1n) is 22.5. The van der Waals surface area contributed by atoms with Crippen molar-refractivity contribution in [2.45, 2.75) is 138 Å². The molecule has 2 aliphatic heterocycles. The highest BCUT2D eigenvalue weighted by atomic mass is 19.1. The second-order valence-electron chi connectivity index (χ2n) is 21.0. The molecule has 62 heavy (non-hydrogen) atoms. The zero-order valence-electron chi connectivity index (χ0n) is 36.0. The standard InChI is InChI=1S/C27H34FN5O2.C20H28FNO3.2CH4/c1-26-11-10-17-15(6-9-21-27(17,2)13-19(28)25(35)33(21)3)16(26)7-8-18(26)24(34)30-14-22-31-20-5-4-12-29-23(20)32-22;1-19-9-8-13-11(12(19)5-6-14(19)18(24)25)4-7-16-20(13,2)10-15(21)17(23)22(16)3;;/h4-5,12-13,15-18,21H,6-11,14H2,1-3H3,(H,30,34)(H,29,31,32);10-14,16H,4-9H2,1-3H3,(H,24,25);2*1H4/t15-,16-,17?,18+,21+,26-,27+;11-,12-,13?,14+,16+,19-,20+;;/m00../s1. The molecule has 3 amide bonds. The van der Waals surface area contributed by atoms with Crippen molar-refractivity contribution < 1.29 is 33.1 Å². The van der Waals surface area contributed by atoms with Gasteiger partial charge in [0.15, 0.2) is 17.3 Å². The Kier molecular flexibility index (Phi) is 11.9. The second-order valence-corrected chi connectivity index (χ2v) is 21.0. The Morgan fingerprint density at radius 2 is 1.26 bits per heavy atom. The number of pyridine rings is 1. The van der Waals surface area contributed by atoms with Crippen LogP contribution in [0.1, 0.15) is 125 Å². The fraction of sp³-hybridized carbons (Fsp3) is 0.714. The molecular weight excluding hydrogens is 791 g/mol. The Bertz CT molecular complexity index is 2140. The molecule has 4 heterocycles. The molecule has 340 valence electrons. The third-order valence-electron chi connectivity index (χ3n) is 18.7. The van der Waals surface area contributed by atoms with Crippen molar-refractivity contribution in [2.24, 2.45) is 69.0 Å². The molecule has 2 unspecified atom stereocenters. The lowest BCUT2D eigenvalue weighted by Gasteiger charge is -2.60. The number of amides is 3. The molecule has 2 aromatic heterocycles. The minimum Gasteiger partial charge on any atom is -0.481 e. The molecule has 0 aromatic carbocycles. The van der Waals surface area contributed by atoms with E-state index >= 15 is 0 Å². The summed E-state index contributed by atoms with van der Waals surface area (Å²) in [5.74, 6) is 0.121. The second kappa shape index (κ2) is 16.1. The van der Waals surface area contributed by atoms with Gasteiger partial charge in [0.2, 0.25) is 5.91 Å². The highest BCUT2D eigenvalue weighted by Gasteiger charge is 2.64. The van der Waals surface area contributed by atoms with Gasteiger partial charge in [0, 0.05) is 49.1 Å². The number of aliphatic carboxylic acids is 1. The van der Waals surface area contributed by atoms with Gasteiger partial charge in [-0.1, -0.05) is 42.5 Å². The number of aromatic nitrogens is 3. The number of likely N-dealkylation sites (N-methyl/N-ethyl adjacent to an activating group) is 2. The van der Waals surface area contributed by atoms with Crippen LogP contribution in [-0.2, 0) is 25.7 Å². The van der Waals surface area contributed by atoms with Gasteiger partial charge in [-0.25, -0.2) is 18.7 Å². The lowest BCUT2D eigenvalue weighted by Crippen LogP contribution is -2.60. The van der Waals surface area contributed by atoms with Crippen molar-refractivity contribution in [3.8, 4) is 0 Å². The number of rotatable bonds is 4. The molecule has 14 atom stereocenters. The SMILES string of the molecule is C.C.CN1C(=O)C(F)=C[C@]2(C)C3CC[C@]4(C)[C@@H](C(=O)NCc5nc6ncccc6[nH]5)CC[C@H]4[C@@H]3CC[C@@H]12.CN1C(=O)C(F)=C[C@]2(C)C3CC[C@]4(C)[C@@H](C(=O)O)CC[C@H]4[C@@H]3CC[C@@H]12. The van der Waals surface area contributed by atoms with Gasteiger partial charge in [0.05, 0.1) is 18.0 Å². The van der Waals surface area contributed by atoms with Crippen LogP contribution in [0.15, 0.2) is 42.1 Å². The number of hydrogen-bond donors (Lipinski definition) is 3. The monoisotopic (exact) mass is 861 g/mol. The predicted molar refractivity (Wildman–Crippen MR) is 234 cm³/mol. The van der Waals surface area contributed by atoms with Gasteiger partial charge in [-0.2, -0.15) is 0 Å². The predicted octanol–water partition coefficient (Wildman–Crippen LogP) is 9.02. The summed E-state index contributed by atoms with van der Waals surface area (Å²) in [5.41, 5.74) is 0.669. The van der Waals surface area contributed by atoms with Crippen LogP contribution < -0.4 is 5.32 Å². The maximum atomic E-state index is 14.6. The molecule has 0 radical (unpaired) electrons. The van der Waals surface area contributed by atoms with Crippen LogP contribution in [-0.4, -0.2) is 79.7 Å². The molecule has 6 saturated carbocycles. The summed E-state index contributed by atoms with van der Waals surface area (Å²) < 4.78 is 28.9. The topological polar surface area (TPSA) is 149 Å². The highest BCUT2D eigenvalue weighted by molar-refractivity contribution is 5.93. The average molecular weight is 861 g/mol. The van der Waals surface area contributed by atoms with E-state index in [0.29, 0.717) is 53.5 Å². The summed E-state index contributed by atoms with van der Waals surface area (Å²) in [7, 11) is 3.47. The summed E-state index contributed by atoms with van der Waals surface area (Å²) in [6, 6.07) is 3.90. The summed E-state index contributed by atoms with van der Waals surface area (Å²) in [6.07, 6.45) is 16.2. The maximum absolute atomic E-state index is 14.6. The molecule has 6 aliphatic carbocycles. The minimum atomic E-state index is -0.655. The zero-order valence-corrected chi connectivity index (χ0v) is 36.0. The Labute approximate surface area is 366 Å². The zero-order chi connectivity index (χ0) is 42.7. The van der Waals surface area contributed by atoms with Crippen LogP contribution in [0.4, 0.5) is 8.78 Å². The first-order valence-corrected chi connectivity index (χ1v) is 22.5. The molecule has 13 heteroatoms. The van der Waals surface area contributed by atoms with E-state index in [1.54, 1.807) is 42.2 Å². The van der Waals surface area contributed by atoms with E-state index in [1.807, 2.05) is 12.1 Å². The normalized spacial score (nSPS) is 41.5. The van der Waals surface area contributed by atoms with Crippen LogP contribution in [0.25, 0.3) is 11.2 Å². The van der Waals surface area contributed by atoms with E-state index in [1.165, 1.54) is 0 Å². The Hall–Kier alpha value is -4.16. The number of hydrogen-bond acceptors (Lipinski definition) is 6. The van der Waals surface area contributed by atoms with E-state index in [9.17, 15) is 33.1 Å². The molecule has 10 rings (SSSR count). The van der Waals surface area contributed by atoms with Crippen molar-refractivity contribution in [1.82, 2.24) is 30.1 Å². The van der Waals surface area contributed by atoms with Crippen molar-refractivity contribution >= 4 is 34.9 Å². The lowest BCUT2D eigenvalue weighted by molar-refractivity contribution is -0.153. The number of nitrogens with one attached hydrogen (secondary N) is 2. The molecule has 0 bridgehead atoms. The fourth-order valence-electron chi connectivity index (χ4n) is 15.8. The smallest absolute Gasteiger partial charge is 0.307 e. The van der Waals surface area contributed by atoms with Crippen LogP contribution >= 0.6 is 0 Å². The van der Waals surface area contributed by atoms with Gasteiger partial charge in [0.1, 0.15) is 5.82 Å². The average Bonchev–Trinajstić information content (AvgIpc) is 3.90. The van der Waals surface area contributed by atoms with Crippen LogP contribution in [0, 0.1) is 69.0 Å². The number of carbonyl (C=O) groups excluding carboxylic acids is 3. The van der Waals surface area contributed by atoms with Crippen LogP contribution in [0.3, 0.4) is 0 Å². The molecule has 2 aromatic rings. The molecule has 3 N–H and O–H groups in total. The Balaban J connectivity index is 0.000000190. The Morgan fingerprint density at radius 1 is 0.758 bits per heavy atom. The van der Waals surface area contributed by atoms with Gasteiger partial charge in [0.25, 0.3) is 11.8 Å². The van der Waals surface area contributed by atoms with E-state index in [0.717, 1.165) is 82.6 Å². The van der Waals surface area contributed by atoms with Crippen molar-refractivity contribution in [2.75, 3.05) is 14.1 Å². The molecule has 0 spiro atoms. The van der Waals surface area contributed by atoms with Crippen molar-refractivity contribution in [1.29, 1.82) is 0 Å². The number of H-pyrrole nitrogens is 1. The molecule has 8 aliphatic rings. The van der Waals surface area contributed by atoms with E-state index in [-0.39, 0.29) is 66.3 Å². The summed E-state index contributed by atoms with van der Waals surface area (Å²) in [6.45, 7) is 9.10. The van der Waals surface area contributed by atoms with Gasteiger partial charge in [-0.15, -0.1) is 0 Å². The van der Waals surface area contributed by atoms with E-state index < -0.39 is 29.4 Å². The molecular formula is C49H70F2N6O5. The number of carbonyl (C=O) groups is 4. The van der Waals surface area contributed by atoms with Crippen LogP contribution in [0.5, 0.6) is 0 Å². The van der Waals surface area contributed by atoms with E-state index in [2.05, 4.69) is 48.0 Å². The summed E-state index contributed by atoms with van der Waals surface area (Å²) in [4.78, 5) is 64.7. The molecule has 0 saturated heterocycles. The van der Waals surface area contributed by atoms with Gasteiger partial charge in [-0.05, 0) is 148 Å². The first kappa shape index (κ1) is 45.9. The van der Waals surface area contributed by atoms with Crippen molar-refractivity contribution in [3.05, 3.63) is 48.0 Å². The number of nitrogens with zero attached hydrogens (tertiary/aromatic N) is 4.